The molecule has 13 atom stereocenters. The highest BCUT2D eigenvalue weighted by atomic mass is 16.7. The van der Waals surface area contributed by atoms with E-state index in [1.807, 2.05) is 6.92 Å². The molecule has 8 nitrogen and oxygen atoms in total. The van der Waals surface area contributed by atoms with Crippen LogP contribution in [0.5, 0.6) is 0 Å². The van der Waals surface area contributed by atoms with Crippen LogP contribution < -0.4 is 0 Å². The molecule has 0 radical (unpaired) electrons. The lowest BCUT2D eigenvalue weighted by Crippen LogP contribution is -2.63. The second-order valence-electron chi connectivity index (χ2n) is 13.2. The molecule has 4 N–H and O–H groups in total. The van der Waals surface area contributed by atoms with Crippen molar-refractivity contribution in [2.24, 2.45) is 39.9 Å². The minimum Gasteiger partial charge on any atom is -0.432 e. The average molecular weight is 495 g/mol. The van der Waals surface area contributed by atoms with Gasteiger partial charge in [0, 0.05) is 0 Å². The van der Waals surface area contributed by atoms with E-state index in [0.29, 0.717) is 23.2 Å². The predicted molar refractivity (Wildman–Crippen MR) is 124 cm³/mol. The van der Waals surface area contributed by atoms with Crippen LogP contribution in [0.1, 0.15) is 72.1 Å². The van der Waals surface area contributed by atoms with Crippen LogP contribution in [0.15, 0.2) is 0 Å². The first-order valence-corrected chi connectivity index (χ1v) is 13.7. The molecule has 6 aliphatic rings. The Morgan fingerprint density at radius 2 is 1.74 bits per heavy atom. The summed E-state index contributed by atoms with van der Waals surface area (Å²) in [5.74, 6) is 1.55. The van der Waals surface area contributed by atoms with Crippen molar-refractivity contribution in [3.05, 3.63) is 0 Å². The number of fused-ring (bicyclic) bond motifs is 3. The lowest BCUT2D eigenvalue weighted by atomic mass is 9.39. The van der Waals surface area contributed by atoms with Gasteiger partial charge in [-0.2, -0.15) is 0 Å². The van der Waals surface area contributed by atoms with Crippen molar-refractivity contribution in [1.29, 1.82) is 0 Å². The van der Waals surface area contributed by atoms with Crippen molar-refractivity contribution in [3.63, 3.8) is 0 Å². The van der Waals surface area contributed by atoms with Gasteiger partial charge >= 0.3 is 5.97 Å². The van der Waals surface area contributed by atoms with Gasteiger partial charge in [-0.1, -0.05) is 20.3 Å². The zero-order valence-corrected chi connectivity index (χ0v) is 21.2. The van der Waals surface area contributed by atoms with E-state index >= 15 is 0 Å². The molecule has 6 rings (SSSR count). The number of aliphatic hydroxyl groups excluding tert-OH is 4. The topological polar surface area (TPSA) is 126 Å². The third kappa shape index (κ3) is 3.04. The number of hydrogen-bond acceptors (Lipinski definition) is 8. The standard InChI is InChI=1S/C27H42O8/c1-14-15-12-33-27(14)10-6-18-24(2)7-4-8-25(3,17(24)5-9-26(15,18)13-27)23(32)35-22-21(31)20(30)19(29)16(11-28)34-22/h14-22,28-31H,4-13H2,1-3H3/t14?,15?,16?,17-,18-,19?,20?,21?,22?,24+,25+,26-,27?/m0/s1. The van der Waals surface area contributed by atoms with Gasteiger partial charge in [-0.05, 0) is 86.4 Å². The molecule has 2 spiro atoms. The molecule has 4 saturated carbocycles. The van der Waals surface area contributed by atoms with E-state index in [4.69, 9.17) is 14.2 Å². The quantitative estimate of drug-likeness (QED) is 0.438. The first kappa shape index (κ1) is 24.6. The minimum atomic E-state index is -1.57. The summed E-state index contributed by atoms with van der Waals surface area (Å²) in [6, 6.07) is 0. The maximum absolute atomic E-state index is 13.8. The average Bonchev–Trinajstić information content (AvgIpc) is 3.21. The van der Waals surface area contributed by atoms with Gasteiger partial charge < -0.3 is 34.6 Å². The van der Waals surface area contributed by atoms with E-state index in [-0.39, 0.29) is 16.9 Å². The van der Waals surface area contributed by atoms with E-state index < -0.39 is 48.7 Å². The lowest BCUT2D eigenvalue weighted by molar-refractivity contribution is -0.298. The Labute approximate surface area is 207 Å². The highest BCUT2D eigenvalue weighted by molar-refractivity contribution is 5.77. The maximum atomic E-state index is 13.8. The third-order valence-corrected chi connectivity index (χ3v) is 12.1. The maximum Gasteiger partial charge on any atom is 0.314 e. The SMILES string of the molecule is CC1C2COC13CC[C@@H]1[C@@]2(CC[C@H]2[C@@]1(C)CCC[C@@]2(C)C(=O)OC1OC(CO)C(O)C(O)C1O)C3. The Morgan fingerprint density at radius 3 is 2.49 bits per heavy atom. The smallest absolute Gasteiger partial charge is 0.314 e. The van der Waals surface area contributed by atoms with Crippen LogP contribution in [0.4, 0.5) is 0 Å². The van der Waals surface area contributed by atoms with Crippen molar-refractivity contribution in [1.82, 2.24) is 0 Å². The molecule has 0 amide bonds. The number of ether oxygens (including phenoxy) is 3. The molecule has 4 aliphatic carbocycles. The Hall–Kier alpha value is -0.770. The van der Waals surface area contributed by atoms with Gasteiger partial charge in [0.2, 0.25) is 6.29 Å². The second-order valence-corrected chi connectivity index (χ2v) is 13.2. The Kier molecular flexibility index (Phi) is 5.52. The Bertz CT molecular complexity index is 879. The fourth-order valence-corrected chi connectivity index (χ4v) is 10.4. The molecule has 2 aliphatic heterocycles. The monoisotopic (exact) mass is 494 g/mol. The molecule has 3 bridgehead atoms. The largest absolute Gasteiger partial charge is 0.432 e. The molecule has 0 aromatic heterocycles. The van der Waals surface area contributed by atoms with Crippen LogP contribution in [-0.2, 0) is 19.0 Å². The molecule has 2 heterocycles. The number of aliphatic hydroxyl groups is 4. The van der Waals surface area contributed by atoms with Gasteiger partial charge in [-0.15, -0.1) is 0 Å². The van der Waals surface area contributed by atoms with Gasteiger partial charge in [-0.25, -0.2) is 0 Å². The normalized spacial score (nSPS) is 59.0. The van der Waals surface area contributed by atoms with Crippen molar-refractivity contribution in [3.8, 4) is 0 Å². The molecule has 0 aromatic rings. The molecule has 35 heavy (non-hydrogen) atoms. The summed E-state index contributed by atoms with van der Waals surface area (Å²) in [5, 5.41) is 40.2. The summed E-state index contributed by atoms with van der Waals surface area (Å²) in [6.45, 7) is 7.15. The third-order valence-electron chi connectivity index (χ3n) is 12.1. The molecule has 0 aromatic carbocycles. The fraction of sp³-hybridized carbons (Fsp3) is 0.963. The van der Waals surface area contributed by atoms with Gasteiger partial charge in [0.1, 0.15) is 24.4 Å². The summed E-state index contributed by atoms with van der Waals surface area (Å²) >= 11 is 0. The molecule has 8 unspecified atom stereocenters. The molecule has 8 heteroatoms. The highest BCUT2D eigenvalue weighted by Gasteiger charge is 2.74. The van der Waals surface area contributed by atoms with E-state index in [9.17, 15) is 25.2 Å². The first-order valence-electron chi connectivity index (χ1n) is 13.7. The highest BCUT2D eigenvalue weighted by Crippen LogP contribution is 2.77. The van der Waals surface area contributed by atoms with Crippen LogP contribution in [0.2, 0.25) is 0 Å². The predicted octanol–water partition coefficient (Wildman–Crippen LogP) is 1.76. The summed E-state index contributed by atoms with van der Waals surface area (Å²) in [5.41, 5.74) is -0.293. The number of rotatable bonds is 3. The second kappa shape index (κ2) is 7.87. The molecular weight excluding hydrogens is 452 g/mol. The van der Waals surface area contributed by atoms with Crippen LogP contribution in [-0.4, -0.2) is 75.9 Å². The molecule has 6 fully saturated rings. The number of esters is 1. The van der Waals surface area contributed by atoms with Gasteiger partial charge in [0.25, 0.3) is 0 Å². The fourth-order valence-electron chi connectivity index (χ4n) is 10.4. The van der Waals surface area contributed by atoms with Gasteiger partial charge in [-0.3, -0.25) is 4.79 Å². The van der Waals surface area contributed by atoms with Crippen molar-refractivity contribution < 1.29 is 39.4 Å². The van der Waals surface area contributed by atoms with Crippen molar-refractivity contribution in [2.75, 3.05) is 13.2 Å². The molecule has 198 valence electrons. The Morgan fingerprint density at radius 1 is 1.00 bits per heavy atom. The summed E-state index contributed by atoms with van der Waals surface area (Å²) < 4.78 is 17.6. The number of carbonyl (C=O) groups is 1. The van der Waals surface area contributed by atoms with E-state index in [0.717, 1.165) is 51.6 Å². The summed E-state index contributed by atoms with van der Waals surface area (Å²) in [6.07, 6.45) is 1.20. The van der Waals surface area contributed by atoms with Crippen LogP contribution in [0.25, 0.3) is 0 Å². The first-order chi connectivity index (χ1) is 16.5. The van der Waals surface area contributed by atoms with E-state index in [1.165, 1.54) is 6.42 Å². The zero-order valence-electron chi connectivity index (χ0n) is 21.2. The summed E-state index contributed by atoms with van der Waals surface area (Å²) in [4.78, 5) is 13.8. The summed E-state index contributed by atoms with van der Waals surface area (Å²) in [7, 11) is 0. The van der Waals surface area contributed by atoms with E-state index in [1.54, 1.807) is 0 Å². The van der Waals surface area contributed by atoms with Gasteiger partial charge in [0.15, 0.2) is 0 Å². The van der Waals surface area contributed by atoms with Crippen molar-refractivity contribution >= 4 is 5.97 Å². The van der Waals surface area contributed by atoms with Gasteiger partial charge in [0.05, 0.1) is 24.2 Å². The minimum absolute atomic E-state index is 0.0332. The van der Waals surface area contributed by atoms with Crippen LogP contribution in [0, 0.1) is 39.9 Å². The van der Waals surface area contributed by atoms with Crippen LogP contribution >= 0.6 is 0 Å². The van der Waals surface area contributed by atoms with Crippen LogP contribution in [0.3, 0.4) is 0 Å². The molecule has 2 saturated heterocycles. The Balaban J connectivity index is 1.26. The van der Waals surface area contributed by atoms with Crippen molar-refractivity contribution in [2.45, 2.75) is 108 Å². The number of carbonyl (C=O) groups excluding carboxylic acids is 1. The lowest BCUT2D eigenvalue weighted by Gasteiger charge is -2.66. The molecular formula is C27H42O8. The van der Waals surface area contributed by atoms with E-state index in [2.05, 4.69) is 13.8 Å². The zero-order chi connectivity index (χ0) is 25.0. The number of hydrogen-bond donors (Lipinski definition) is 4.